The molecule has 0 radical (unpaired) electrons. The highest BCUT2D eigenvalue weighted by atomic mass is 32.2. The first kappa shape index (κ1) is 12.8. The van der Waals surface area contributed by atoms with Crippen LogP contribution in [0.3, 0.4) is 0 Å². The van der Waals surface area contributed by atoms with Crippen molar-refractivity contribution in [1.29, 1.82) is 0 Å². The molecule has 0 aliphatic carbocycles. The number of aromatic nitrogens is 2. The Hall–Kier alpha value is -1.69. The highest BCUT2D eigenvalue weighted by Crippen LogP contribution is 2.32. The molecule has 2 N–H and O–H groups in total. The second kappa shape index (κ2) is 4.89. The Kier molecular flexibility index (Phi) is 3.47. The van der Waals surface area contributed by atoms with Crippen molar-refractivity contribution in [1.82, 2.24) is 9.97 Å². The second-order valence-corrected chi connectivity index (χ2v) is 4.79. The Balaban J connectivity index is 2.40. The smallest absolute Gasteiger partial charge is 0.140 e. The van der Waals surface area contributed by atoms with Crippen LogP contribution in [-0.4, -0.2) is 9.97 Å². The average molecular weight is 267 g/mol. The molecular formula is C12H11F2N3S. The quantitative estimate of drug-likeness (QED) is 0.849. The number of benzene rings is 1. The molecule has 1 aromatic heterocycles. The van der Waals surface area contributed by atoms with Gasteiger partial charge in [0.1, 0.15) is 28.3 Å². The lowest BCUT2D eigenvalue weighted by molar-refractivity contribution is 0.565. The van der Waals surface area contributed by atoms with E-state index in [-0.39, 0.29) is 0 Å². The van der Waals surface area contributed by atoms with E-state index in [9.17, 15) is 8.78 Å². The van der Waals surface area contributed by atoms with Gasteiger partial charge in [-0.2, -0.15) is 0 Å². The Labute approximate surface area is 107 Å². The molecule has 2 rings (SSSR count). The van der Waals surface area contributed by atoms with Crippen LogP contribution in [0.2, 0.25) is 0 Å². The van der Waals surface area contributed by atoms with Gasteiger partial charge in [-0.1, -0.05) is 11.8 Å². The number of nitrogens with zero attached hydrogens (tertiary/aromatic N) is 2. The highest BCUT2D eigenvalue weighted by molar-refractivity contribution is 7.99. The van der Waals surface area contributed by atoms with Crippen LogP contribution in [0.5, 0.6) is 0 Å². The predicted molar refractivity (Wildman–Crippen MR) is 66.4 cm³/mol. The van der Waals surface area contributed by atoms with Gasteiger partial charge in [0.05, 0.1) is 0 Å². The third-order valence-electron chi connectivity index (χ3n) is 2.35. The van der Waals surface area contributed by atoms with Crippen LogP contribution in [0.4, 0.5) is 14.6 Å². The van der Waals surface area contributed by atoms with E-state index in [4.69, 9.17) is 5.73 Å². The number of rotatable bonds is 2. The van der Waals surface area contributed by atoms with E-state index < -0.39 is 11.6 Å². The fraction of sp³-hybridized carbons (Fsp3) is 0.167. The number of halogens is 2. The van der Waals surface area contributed by atoms with Crippen LogP contribution in [0, 0.1) is 25.5 Å². The fourth-order valence-electron chi connectivity index (χ4n) is 1.39. The lowest BCUT2D eigenvalue weighted by Crippen LogP contribution is -2.01. The first-order valence-electron chi connectivity index (χ1n) is 5.21. The monoisotopic (exact) mass is 267 g/mol. The molecule has 0 amide bonds. The SMILES string of the molecule is Cc1nc(N)c(C)c(Sc2ccc(F)cc2F)n1. The van der Waals surface area contributed by atoms with Gasteiger partial charge < -0.3 is 5.73 Å². The zero-order valence-electron chi connectivity index (χ0n) is 9.87. The summed E-state index contributed by atoms with van der Waals surface area (Å²) in [6.45, 7) is 3.47. The number of aryl methyl sites for hydroxylation is 1. The third-order valence-corrected chi connectivity index (χ3v) is 3.49. The van der Waals surface area contributed by atoms with Gasteiger partial charge in [-0.25, -0.2) is 18.7 Å². The minimum Gasteiger partial charge on any atom is -0.383 e. The number of nitrogen functional groups attached to an aromatic ring is 1. The van der Waals surface area contributed by atoms with Crippen molar-refractivity contribution in [2.24, 2.45) is 0 Å². The van der Waals surface area contributed by atoms with E-state index in [2.05, 4.69) is 9.97 Å². The van der Waals surface area contributed by atoms with Gasteiger partial charge in [-0.15, -0.1) is 0 Å². The summed E-state index contributed by atoms with van der Waals surface area (Å²) in [5.74, 6) is -0.336. The van der Waals surface area contributed by atoms with E-state index in [1.54, 1.807) is 13.8 Å². The molecule has 0 unspecified atom stereocenters. The summed E-state index contributed by atoms with van der Waals surface area (Å²) in [4.78, 5) is 8.52. The normalized spacial score (nSPS) is 10.7. The minimum atomic E-state index is -0.616. The molecule has 0 spiro atoms. The van der Waals surface area contributed by atoms with Gasteiger partial charge in [-0.05, 0) is 26.0 Å². The summed E-state index contributed by atoms with van der Waals surface area (Å²) in [6.07, 6.45) is 0. The standard InChI is InChI=1S/C12H11F2N3S/c1-6-11(15)16-7(2)17-12(6)18-10-4-3-8(13)5-9(10)14/h3-5H,1-2H3,(H2,15,16,17). The maximum absolute atomic E-state index is 13.5. The first-order chi connectivity index (χ1) is 8.47. The molecule has 6 heteroatoms. The molecule has 0 bridgehead atoms. The number of anilines is 1. The van der Waals surface area contributed by atoms with Gasteiger partial charge >= 0.3 is 0 Å². The lowest BCUT2D eigenvalue weighted by atomic mass is 10.3. The van der Waals surface area contributed by atoms with Gasteiger partial charge in [0.15, 0.2) is 0 Å². The fourth-order valence-corrected chi connectivity index (χ4v) is 2.32. The van der Waals surface area contributed by atoms with Gasteiger partial charge in [0.25, 0.3) is 0 Å². The molecule has 18 heavy (non-hydrogen) atoms. The highest BCUT2D eigenvalue weighted by Gasteiger charge is 2.11. The number of hydrogen-bond donors (Lipinski definition) is 1. The summed E-state index contributed by atoms with van der Waals surface area (Å²) >= 11 is 1.11. The Morgan fingerprint density at radius 2 is 1.89 bits per heavy atom. The maximum atomic E-state index is 13.5. The molecule has 1 heterocycles. The van der Waals surface area contributed by atoms with Crippen molar-refractivity contribution < 1.29 is 8.78 Å². The average Bonchev–Trinajstić information content (AvgIpc) is 2.29. The van der Waals surface area contributed by atoms with Crippen LogP contribution in [-0.2, 0) is 0 Å². The molecule has 0 fully saturated rings. The van der Waals surface area contributed by atoms with Gasteiger partial charge in [0.2, 0.25) is 0 Å². The van der Waals surface area contributed by atoms with Gasteiger partial charge in [0, 0.05) is 16.5 Å². The topological polar surface area (TPSA) is 51.8 Å². The minimum absolute atomic E-state index is 0.303. The molecule has 1 aromatic carbocycles. The van der Waals surface area contributed by atoms with Crippen molar-refractivity contribution in [2.45, 2.75) is 23.8 Å². The zero-order chi connectivity index (χ0) is 13.3. The number of nitrogens with two attached hydrogens (primary N) is 1. The molecule has 94 valence electrons. The van der Waals surface area contributed by atoms with E-state index in [1.165, 1.54) is 12.1 Å². The molecule has 0 saturated carbocycles. The molecular weight excluding hydrogens is 256 g/mol. The summed E-state index contributed by atoms with van der Waals surface area (Å²) in [5.41, 5.74) is 6.41. The molecule has 2 aromatic rings. The Morgan fingerprint density at radius 1 is 1.17 bits per heavy atom. The van der Waals surface area contributed by atoms with Crippen LogP contribution >= 0.6 is 11.8 Å². The van der Waals surface area contributed by atoms with Crippen molar-refractivity contribution >= 4 is 17.6 Å². The van der Waals surface area contributed by atoms with Crippen LogP contribution in [0.25, 0.3) is 0 Å². The second-order valence-electron chi connectivity index (χ2n) is 3.76. The van der Waals surface area contributed by atoms with Gasteiger partial charge in [-0.3, -0.25) is 0 Å². The first-order valence-corrected chi connectivity index (χ1v) is 6.02. The molecule has 0 atom stereocenters. The van der Waals surface area contributed by atoms with Crippen LogP contribution in [0.15, 0.2) is 28.1 Å². The Bertz CT molecular complexity index is 602. The van der Waals surface area contributed by atoms with Crippen LogP contribution < -0.4 is 5.73 Å². The predicted octanol–water partition coefficient (Wildman–Crippen LogP) is 3.11. The molecule has 0 saturated heterocycles. The van der Waals surface area contributed by atoms with E-state index in [0.29, 0.717) is 27.1 Å². The summed E-state index contributed by atoms with van der Waals surface area (Å²) in [6, 6.07) is 3.43. The van der Waals surface area contributed by atoms with E-state index in [0.717, 1.165) is 17.8 Å². The zero-order valence-corrected chi connectivity index (χ0v) is 10.7. The third kappa shape index (κ3) is 2.59. The largest absolute Gasteiger partial charge is 0.383 e. The van der Waals surface area contributed by atoms with Crippen LogP contribution in [0.1, 0.15) is 11.4 Å². The van der Waals surface area contributed by atoms with Crippen molar-refractivity contribution in [3.8, 4) is 0 Å². The van der Waals surface area contributed by atoms with Crippen molar-refractivity contribution in [3.05, 3.63) is 41.2 Å². The lowest BCUT2D eigenvalue weighted by Gasteiger charge is -2.08. The van der Waals surface area contributed by atoms with E-state index in [1.807, 2.05) is 0 Å². The summed E-state index contributed by atoms with van der Waals surface area (Å²) in [5, 5.41) is 0.575. The molecule has 0 aliphatic rings. The number of hydrogen-bond acceptors (Lipinski definition) is 4. The maximum Gasteiger partial charge on any atom is 0.140 e. The van der Waals surface area contributed by atoms with E-state index >= 15 is 0 Å². The van der Waals surface area contributed by atoms with Crippen molar-refractivity contribution in [2.75, 3.05) is 5.73 Å². The molecule has 0 aliphatic heterocycles. The van der Waals surface area contributed by atoms with Crippen molar-refractivity contribution in [3.63, 3.8) is 0 Å². The molecule has 3 nitrogen and oxygen atoms in total. The Morgan fingerprint density at radius 3 is 2.56 bits per heavy atom. The summed E-state index contributed by atoms with van der Waals surface area (Å²) < 4.78 is 26.3. The summed E-state index contributed by atoms with van der Waals surface area (Å²) in [7, 11) is 0.